The summed E-state index contributed by atoms with van der Waals surface area (Å²) in [7, 11) is 0. The molecule has 1 fully saturated rings. The van der Waals surface area contributed by atoms with Gasteiger partial charge in [-0.1, -0.05) is 24.8 Å². The highest BCUT2D eigenvalue weighted by molar-refractivity contribution is 8.14. The average molecular weight is 233 g/mol. The first kappa shape index (κ1) is 10.1. The zero-order chi connectivity index (χ0) is 11.1. The zero-order valence-electron chi connectivity index (χ0n) is 9.50. The molecule has 2 aliphatic rings. The van der Waals surface area contributed by atoms with Gasteiger partial charge in [0.1, 0.15) is 6.04 Å². The van der Waals surface area contributed by atoms with Crippen LogP contribution in [0.4, 0.5) is 0 Å². The van der Waals surface area contributed by atoms with Crippen molar-refractivity contribution in [2.75, 3.05) is 6.54 Å². The van der Waals surface area contributed by atoms with Gasteiger partial charge in [-0.05, 0) is 19.1 Å². The number of hydrogen-bond acceptors (Lipinski definition) is 4. The van der Waals surface area contributed by atoms with E-state index in [2.05, 4.69) is 29.8 Å². The lowest BCUT2D eigenvalue weighted by molar-refractivity contribution is 0.336. The largest absolute Gasteiger partial charge is 0.345 e. The number of amidine groups is 1. The van der Waals surface area contributed by atoms with Crippen LogP contribution < -0.4 is 0 Å². The van der Waals surface area contributed by atoms with Crippen molar-refractivity contribution >= 4 is 16.9 Å². The molecule has 0 radical (unpaired) electrons. The van der Waals surface area contributed by atoms with Gasteiger partial charge >= 0.3 is 0 Å². The first-order valence-corrected chi connectivity index (χ1v) is 6.55. The van der Waals surface area contributed by atoms with Crippen LogP contribution in [0, 0.1) is 0 Å². The minimum Gasteiger partial charge on any atom is -0.345 e. The Labute approximate surface area is 100.0 Å². The van der Waals surface area contributed by atoms with Crippen LogP contribution in [0.15, 0.2) is 29.4 Å². The van der Waals surface area contributed by atoms with E-state index in [-0.39, 0.29) is 6.04 Å². The van der Waals surface area contributed by atoms with Crippen molar-refractivity contribution in [1.29, 1.82) is 0 Å². The van der Waals surface area contributed by atoms with Crippen LogP contribution in [-0.2, 0) is 0 Å². The second-order valence-corrected chi connectivity index (χ2v) is 5.84. The van der Waals surface area contributed by atoms with E-state index in [0.717, 1.165) is 12.2 Å². The molecule has 0 aromatic carbocycles. The third-order valence-corrected chi connectivity index (χ3v) is 4.30. The normalized spacial score (nSPS) is 32.8. The van der Waals surface area contributed by atoms with Crippen LogP contribution in [0.5, 0.6) is 0 Å². The predicted molar refractivity (Wildman–Crippen MR) is 67.6 cm³/mol. The maximum Gasteiger partial charge on any atom is 0.160 e. The summed E-state index contributed by atoms with van der Waals surface area (Å²) in [6, 6.07) is 6.72. The number of aliphatic imine (C=N–C) groups is 1. The van der Waals surface area contributed by atoms with Crippen LogP contribution in [-0.4, -0.2) is 32.9 Å². The Balaban J connectivity index is 1.90. The van der Waals surface area contributed by atoms with Gasteiger partial charge in [-0.2, -0.15) is 0 Å². The molecule has 2 aliphatic heterocycles. The summed E-state index contributed by atoms with van der Waals surface area (Å²) in [5.74, 6) is 0. The molecule has 84 valence electrons. The third-order valence-electron chi connectivity index (χ3n) is 3.19. The Bertz CT molecular complexity index is 418. The first-order valence-electron chi connectivity index (χ1n) is 5.68. The summed E-state index contributed by atoms with van der Waals surface area (Å²) in [6.45, 7) is 5.62. The fourth-order valence-corrected chi connectivity index (χ4v) is 3.49. The smallest absolute Gasteiger partial charge is 0.160 e. The topological polar surface area (TPSA) is 28.5 Å². The Morgan fingerprint density at radius 2 is 2.25 bits per heavy atom. The van der Waals surface area contributed by atoms with E-state index in [0.29, 0.717) is 11.3 Å². The Hall–Kier alpha value is -1.03. The summed E-state index contributed by atoms with van der Waals surface area (Å²) >= 11 is 1.89. The van der Waals surface area contributed by atoms with Gasteiger partial charge < -0.3 is 4.90 Å². The van der Waals surface area contributed by atoms with Crippen molar-refractivity contribution in [1.82, 2.24) is 9.88 Å². The lowest BCUT2D eigenvalue weighted by Gasteiger charge is -2.22. The van der Waals surface area contributed by atoms with Gasteiger partial charge in [-0.25, -0.2) is 0 Å². The second-order valence-electron chi connectivity index (χ2n) is 4.43. The van der Waals surface area contributed by atoms with E-state index in [4.69, 9.17) is 4.99 Å². The molecule has 0 unspecified atom stereocenters. The van der Waals surface area contributed by atoms with E-state index >= 15 is 0 Å². The summed E-state index contributed by atoms with van der Waals surface area (Å²) < 4.78 is 0. The highest BCUT2D eigenvalue weighted by atomic mass is 32.2. The minimum absolute atomic E-state index is 0.219. The van der Waals surface area contributed by atoms with E-state index < -0.39 is 0 Å². The highest BCUT2D eigenvalue weighted by Crippen LogP contribution is 2.39. The number of rotatable bonds is 1. The quantitative estimate of drug-likeness (QED) is 0.745. The van der Waals surface area contributed by atoms with Gasteiger partial charge in [-0.15, -0.1) is 0 Å². The van der Waals surface area contributed by atoms with E-state index in [1.165, 1.54) is 5.17 Å². The molecule has 3 atom stereocenters. The fraction of sp³-hybridized carbons (Fsp3) is 0.500. The van der Waals surface area contributed by atoms with Crippen LogP contribution in [0.1, 0.15) is 25.6 Å². The highest BCUT2D eigenvalue weighted by Gasteiger charge is 2.39. The zero-order valence-corrected chi connectivity index (χ0v) is 10.3. The fourth-order valence-electron chi connectivity index (χ4n) is 2.35. The number of fused-ring (bicyclic) bond motifs is 1. The molecular weight excluding hydrogens is 218 g/mol. The van der Waals surface area contributed by atoms with Crippen LogP contribution in [0.3, 0.4) is 0 Å². The van der Waals surface area contributed by atoms with Crippen molar-refractivity contribution in [3.8, 4) is 0 Å². The molecule has 0 aliphatic carbocycles. The number of aromatic nitrogens is 1. The number of nitrogens with zero attached hydrogens (tertiary/aromatic N) is 3. The second kappa shape index (κ2) is 3.77. The van der Waals surface area contributed by atoms with E-state index in [9.17, 15) is 0 Å². The van der Waals surface area contributed by atoms with Crippen molar-refractivity contribution in [2.24, 2.45) is 4.99 Å². The van der Waals surface area contributed by atoms with Gasteiger partial charge in [0, 0.05) is 18.0 Å². The van der Waals surface area contributed by atoms with Crippen molar-refractivity contribution in [2.45, 2.75) is 31.2 Å². The summed E-state index contributed by atoms with van der Waals surface area (Å²) in [5.41, 5.74) is 1.09. The SMILES string of the molecule is C[C@H]1CN2C(=N[C@H](c3ccccn3)[C@@H]2C)S1. The molecule has 0 amide bonds. The molecule has 1 aromatic heterocycles. The maximum atomic E-state index is 4.79. The Morgan fingerprint density at radius 3 is 2.94 bits per heavy atom. The van der Waals surface area contributed by atoms with E-state index in [1.54, 1.807) is 0 Å². The van der Waals surface area contributed by atoms with Crippen molar-refractivity contribution < 1.29 is 0 Å². The molecule has 16 heavy (non-hydrogen) atoms. The number of hydrogen-bond donors (Lipinski definition) is 0. The molecule has 0 bridgehead atoms. The summed E-state index contributed by atoms with van der Waals surface area (Å²) in [6.07, 6.45) is 1.85. The van der Waals surface area contributed by atoms with E-state index in [1.807, 2.05) is 30.1 Å². The molecule has 0 N–H and O–H groups in total. The Kier molecular flexibility index (Phi) is 2.39. The molecular formula is C12H15N3S. The molecule has 1 aromatic rings. The van der Waals surface area contributed by atoms with Gasteiger partial charge in [0.05, 0.1) is 11.7 Å². The predicted octanol–water partition coefficient (Wildman–Crippen LogP) is 2.32. The monoisotopic (exact) mass is 233 g/mol. The minimum atomic E-state index is 0.219. The summed E-state index contributed by atoms with van der Waals surface area (Å²) in [4.78, 5) is 11.6. The number of pyridine rings is 1. The molecule has 0 saturated carbocycles. The standard InChI is InChI=1S/C12H15N3S/c1-8-7-15-9(2)11(14-12(15)16-8)10-5-3-4-6-13-10/h3-6,8-9,11H,7H2,1-2H3/t8-,9-,11-/m0/s1. The maximum absolute atomic E-state index is 4.79. The molecule has 4 heteroatoms. The van der Waals surface area contributed by atoms with Gasteiger partial charge in [0.25, 0.3) is 0 Å². The molecule has 3 nitrogen and oxygen atoms in total. The lowest BCUT2D eigenvalue weighted by Crippen LogP contribution is -2.32. The lowest BCUT2D eigenvalue weighted by atomic mass is 10.1. The third kappa shape index (κ3) is 1.52. The van der Waals surface area contributed by atoms with Crippen LogP contribution >= 0.6 is 11.8 Å². The van der Waals surface area contributed by atoms with Crippen molar-refractivity contribution in [3.05, 3.63) is 30.1 Å². The molecule has 0 spiro atoms. The average Bonchev–Trinajstić information content (AvgIpc) is 2.79. The van der Waals surface area contributed by atoms with Gasteiger partial charge in [0.2, 0.25) is 0 Å². The van der Waals surface area contributed by atoms with Crippen LogP contribution in [0.2, 0.25) is 0 Å². The Morgan fingerprint density at radius 1 is 1.38 bits per heavy atom. The first-order chi connectivity index (χ1) is 7.75. The molecule has 3 heterocycles. The van der Waals surface area contributed by atoms with Crippen molar-refractivity contribution in [3.63, 3.8) is 0 Å². The van der Waals surface area contributed by atoms with Crippen LogP contribution in [0.25, 0.3) is 0 Å². The van der Waals surface area contributed by atoms with Gasteiger partial charge in [0.15, 0.2) is 5.17 Å². The van der Waals surface area contributed by atoms with Gasteiger partial charge in [-0.3, -0.25) is 9.98 Å². The molecule has 1 saturated heterocycles. The number of thioether (sulfide) groups is 1. The molecule has 3 rings (SSSR count). The summed E-state index contributed by atoms with van der Waals surface area (Å²) in [5, 5.41) is 1.88.